The Morgan fingerprint density at radius 3 is 2.59 bits per heavy atom. The van der Waals surface area contributed by atoms with Crippen LogP contribution in [0.15, 0.2) is 76.8 Å². The van der Waals surface area contributed by atoms with Crippen LogP contribution in [0.1, 0.15) is 11.3 Å². The first-order chi connectivity index (χ1) is 13.1. The number of hydrogen-bond acceptors (Lipinski definition) is 3. The molecule has 0 saturated carbocycles. The van der Waals surface area contributed by atoms with Crippen molar-refractivity contribution in [3.63, 3.8) is 0 Å². The molecule has 1 aliphatic rings. The molecule has 134 valence electrons. The topological polar surface area (TPSA) is 62.6 Å². The van der Waals surface area contributed by atoms with Crippen molar-refractivity contribution in [2.24, 2.45) is 0 Å². The van der Waals surface area contributed by atoms with Gasteiger partial charge in [-0.3, -0.25) is 9.69 Å². The number of benzene rings is 2. The summed E-state index contributed by atoms with van der Waals surface area (Å²) in [4.78, 5) is 25.8. The fourth-order valence-electron chi connectivity index (χ4n) is 2.85. The Hall–Kier alpha value is -3.67. The highest BCUT2D eigenvalue weighted by atomic mass is 19.1. The first-order valence-electron chi connectivity index (χ1n) is 8.34. The maximum atomic E-state index is 13.4. The zero-order valence-corrected chi connectivity index (χ0v) is 14.2. The number of halogens is 1. The molecule has 0 bridgehead atoms. The highest BCUT2D eigenvalue weighted by molar-refractivity contribution is 6.13. The summed E-state index contributed by atoms with van der Waals surface area (Å²) in [6, 6.07) is 18.2. The molecule has 0 spiro atoms. The van der Waals surface area contributed by atoms with Gasteiger partial charge < -0.3 is 9.73 Å². The highest BCUT2D eigenvalue weighted by Gasteiger charge is 2.33. The van der Waals surface area contributed by atoms with Crippen LogP contribution in [0.3, 0.4) is 0 Å². The molecule has 0 unspecified atom stereocenters. The van der Waals surface area contributed by atoms with E-state index in [1.807, 2.05) is 30.3 Å². The third kappa shape index (κ3) is 3.50. The molecule has 1 saturated heterocycles. The molecule has 5 nitrogen and oxygen atoms in total. The van der Waals surface area contributed by atoms with Crippen LogP contribution >= 0.6 is 0 Å². The number of carbonyl (C=O) groups excluding carboxylic acids is 2. The summed E-state index contributed by atoms with van der Waals surface area (Å²) in [5, 5.41) is 2.56. The molecule has 3 aromatic rings. The van der Waals surface area contributed by atoms with Crippen LogP contribution in [-0.4, -0.2) is 16.8 Å². The van der Waals surface area contributed by atoms with E-state index in [1.165, 1.54) is 18.2 Å². The maximum Gasteiger partial charge on any atom is 0.329 e. The molecular formula is C21H15FN2O3. The molecule has 6 heteroatoms. The van der Waals surface area contributed by atoms with Gasteiger partial charge in [0.05, 0.1) is 6.54 Å². The maximum absolute atomic E-state index is 13.4. The van der Waals surface area contributed by atoms with E-state index < -0.39 is 11.9 Å². The molecule has 1 fully saturated rings. The number of furan rings is 1. The first-order valence-corrected chi connectivity index (χ1v) is 8.34. The minimum atomic E-state index is -0.480. The van der Waals surface area contributed by atoms with Crippen LogP contribution in [0.25, 0.3) is 17.4 Å². The van der Waals surface area contributed by atoms with E-state index in [4.69, 9.17) is 4.42 Å². The summed E-state index contributed by atoms with van der Waals surface area (Å²) >= 11 is 0. The average molecular weight is 362 g/mol. The van der Waals surface area contributed by atoms with Crippen LogP contribution in [-0.2, 0) is 11.3 Å². The number of urea groups is 1. The van der Waals surface area contributed by atoms with E-state index >= 15 is 0 Å². The first kappa shape index (κ1) is 16.8. The monoisotopic (exact) mass is 362 g/mol. The largest absolute Gasteiger partial charge is 0.457 e. The third-order valence-corrected chi connectivity index (χ3v) is 4.17. The van der Waals surface area contributed by atoms with Crippen LogP contribution in [0.4, 0.5) is 9.18 Å². The molecule has 3 amide bonds. The van der Waals surface area contributed by atoms with Gasteiger partial charge in [0.2, 0.25) is 0 Å². The summed E-state index contributed by atoms with van der Waals surface area (Å²) in [5.41, 5.74) is 1.58. The van der Waals surface area contributed by atoms with Crippen LogP contribution in [0.5, 0.6) is 0 Å². The van der Waals surface area contributed by atoms with Gasteiger partial charge >= 0.3 is 6.03 Å². The quantitative estimate of drug-likeness (QED) is 0.559. The molecule has 0 radical (unpaired) electrons. The molecule has 0 aliphatic carbocycles. The third-order valence-electron chi connectivity index (χ3n) is 4.17. The van der Waals surface area contributed by atoms with Crippen molar-refractivity contribution >= 4 is 18.0 Å². The lowest BCUT2D eigenvalue weighted by atomic mass is 10.2. The summed E-state index contributed by atoms with van der Waals surface area (Å²) in [5.74, 6) is 0.0740. The number of carbonyl (C=O) groups is 2. The minimum Gasteiger partial charge on any atom is -0.457 e. The Morgan fingerprint density at radius 2 is 1.81 bits per heavy atom. The molecule has 27 heavy (non-hydrogen) atoms. The lowest BCUT2D eigenvalue weighted by Gasteiger charge is -2.11. The van der Waals surface area contributed by atoms with Crippen LogP contribution < -0.4 is 5.32 Å². The van der Waals surface area contributed by atoms with E-state index in [9.17, 15) is 14.0 Å². The van der Waals surface area contributed by atoms with Gasteiger partial charge in [-0.05, 0) is 29.8 Å². The van der Waals surface area contributed by atoms with Crippen molar-refractivity contribution in [3.8, 4) is 11.3 Å². The number of amides is 3. The lowest BCUT2D eigenvalue weighted by molar-refractivity contribution is -0.123. The zero-order chi connectivity index (χ0) is 18.8. The summed E-state index contributed by atoms with van der Waals surface area (Å²) < 4.78 is 19.0. The summed E-state index contributed by atoms with van der Waals surface area (Å²) in [7, 11) is 0. The van der Waals surface area contributed by atoms with Crippen molar-refractivity contribution in [2.45, 2.75) is 6.54 Å². The van der Waals surface area contributed by atoms with Crippen molar-refractivity contribution in [2.75, 3.05) is 0 Å². The number of rotatable bonds is 4. The molecule has 1 aromatic heterocycles. The normalized spacial score (nSPS) is 15.4. The number of imide groups is 1. The molecule has 2 heterocycles. The van der Waals surface area contributed by atoms with E-state index in [2.05, 4.69) is 5.32 Å². The Kier molecular flexibility index (Phi) is 4.30. The number of nitrogens with one attached hydrogen (secondary N) is 1. The van der Waals surface area contributed by atoms with Gasteiger partial charge in [0.25, 0.3) is 5.91 Å². The second-order valence-electron chi connectivity index (χ2n) is 6.08. The van der Waals surface area contributed by atoms with Crippen molar-refractivity contribution < 1.29 is 18.4 Å². The standard InChI is InChI=1S/C21H15FN2O3/c22-16-8-4-7-15(11-16)19-10-9-17(27-19)12-18-20(25)24(21(26)23-18)13-14-5-2-1-3-6-14/h1-12H,13H2,(H,23,26)/b18-12+. The smallest absolute Gasteiger partial charge is 0.329 e. The van der Waals surface area contributed by atoms with E-state index in [0.717, 1.165) is 10.5 Å². The highest BCUT2D eigenvalue weighted by Crippen LogP contribution is 2.25. The molecular weight excluding hydrogens is 347 g/mol. The fourth-order valence-corrected chi connectivity index (χ4v) is 2.85. The Labute approximate surface area is 154 Å². The SMILES string of the molecule is O=C1N/C(=C/c2ccc(-c3cccc(F)c3)o2)C(=O)N1Cc1ccccc1. The Bertz CT molecular complexity index is 1040. The number of hydrogen-bond donors (Lipinski definition) is 1. The van der Waals surface area contributed by atoms with E-state index in [-0.39, 0.29) is 18.1 Å². The second-order valence-corrected chi connectivity index (χ2v) is 6.08. The summed E-state index contributed by atoms with van der Waals surface area (Å²) in [6.07, 6.45) is 1.47. The van der Waals surface area contributed by atoms with E-state index in [0.29, 0.717) is 17.1 Å². The molecule has 1 aliphatic heterocycles. The van der Waals surface area contributed by atoms with Crippen molar-refractivity contribution in [3.05, 3.63) is 89.6 Å². The average Bonchev–Trinajstić information content (AvgIpc) is 3.23. The summed E-state index contributed by atoms with van der Waals surface area (Å²) in [6.45, 7) is 0.190. The van der Waals surface area contributed by atoms with Gasteiger partial charge in [-0.25, -0.2) is 9.18 Å². The fraction of sp³-hybridized carbons (Fsp3) is 0.0476. The molecule has 4 rings (SSSR count). The van der Waals surface area contributed by atoms with Crippen molar-refractivity contribution in [1.82, 2.24) is 10.2 Å². The van der Waals surface area contributed by atoms with Gasteiger partial charge in [-0.15, -0.1) is 0 Å². The number of nitrogens with zero attached hydrogens (tertiary/aromatic N) is 1. The van der Waals surface area contributed by atoms with Gasteiger partial charge in [0.15, 0.2) is 0 Å². The Balaban J connectivity index is 1.54. The van der Waals surface area contributed by atoms with Crippen LogP contribution in [0, 0.1) is 5.82 Å². The molecule has 2 aromatic carbocycles. The molecule has 1 N–H and O–H groups in total. The zero-order valence-electron chi connectivity index (χ0n) is 14.2. The second kappa shape index (κ2) is 6.92. The molecule has 0 atom stereocenters. The lowest BCUT2D eigenvalue weighted by Crippen LogP contribution is -2.30. The van der Waals surface area contributed by atoms with Crippen LogP contribution in [0.2, 0.25) is 0 Å². The predicted molar refractivity (Wildman–Crippen MR) is 97.6 cm³/mol. The van der Waals surface area contributed by atoms with Gasteiger partial charge in [-0.1, -0.05) is 42.5 Å². The minimum absolute atomic E-state index is 0.135. The Morgan fingerprint density at radius 1 is 1.00 bits per heavy atom. The van der Waals surface area contributed by atoms with Gasteiger partial charge in [0, 0.05) is 11.6 Å². The van der Waals surface area contributed by atoms with Crippen molar-refractivity contribution in [1.29, 1.82) is 0 Å². The van der Waals surface area contributed by atoms with Gasteiger partial charge in [0.1, 0.15) is 23.0 Å². The van der Waals surface area contributed by atoms with Gasteiger partial charge in [-0.2, -0.15) is 0 Å². The van der Waals surface area contributed by atoms with E-state index in [1.54, 1.807) is 24.3 Å². The predicted octanol–water partition coefficient (Wildman–Crippen LogP) is 4.18.